The molecule has 1 aromatic rings. The fourth-order valence-electron chi connectivity index (χ4n) is 2.89. The van der Waals surface area contributed by atoms with Gasteiger partial charge in [-0.25, -0.2) is 4.98 Å². The van der Waals surface area contributed by atoms with Gasteiger partial charge in [0.2, 0.25) is 5.91 Å². The Morgan fingerprint density at radius 3 is 2.74 bits per heavy atom. The first kappa shape index (κ1) is 18.0. The fraction of sp³-hybridized carbons (Fsp3) is 0.706. The molecule has 1 unspecified atom stereocenters. The molecule has 5 nitrogen and oxygen atoms in total. The molecular weight excluding hydrogens is 310 g/mol. The van der Waals surface area contributed by atoms with E-state index in [4.69, 9.17) is 0 Å². The number of aromatic amines is 1. The van der Waals surface area contributed by atoms with Crippen LogP contribution in [0.2, 0.25) is 0 Å². The second-order valence-electron chi connectivity index (χ2n) is 6.25. The quantitative estimate of drug-likeness (QED) is 0.475. The van der Waals surface area contributed by atoms with Gasteiger partial charge >= 0.3 is 0 Å². The minimum absolute atomic E-state index is 0.0328. The average Bonchev–Trinajstić information content (AvgIpc) is 2.75. The molecule has 1 aliphatic rings. The summed E-state index contributed by atoms with van der Waals surface area (Å²) in [5, 5.41) is 3.42. The Morgan fingerprint density at radius 2 is 2.09 bits per heavy atom. The van der Waals surface area contributed by atoms with Gasteiger partial charge in [0.05, 0.1) is 5.25 Å². The third-order valence-electron chi connectivity index (χ3n) is 4.14. The van der Waals surface area contributed by atoms with Gasteiger partial charge in [0.1, 0.15) is 0 Å². The van der Waals surface area contributed by atoms with Crippen LogP contribution in [0.15, 0.2) is 16.0 Å². The molecule has 1 heterocycles. The number of aromatic nitrogens is 2. The van der Waals surface area contributed by atoms with E-state index >= 15 is 0 Å². The first-order valence-corrected chi connectivity index (χ1v) is 9.53. The third kappa shape index (κ3) is 6.01. The zero-order valence-corrected chi connectivity index (χ0v) is 14.9. The summed E-state index contributed by atoms with van der Waals surface area (Å²) in [6.45, 7) is 3.92. The molecule has 0 aliphatic heterocycles. The molecule has 1 saturated carbocycles. The maximum Gasteiger partial charge on any atom is 0.251 e. The summed E-state index contributed by atoms with van der Waals surface area (Å²) in [6, 6.07) is 1.83. The minimum atomic E-state index is -0.265. The van der Waals surface area contributed by atoms with E-state index in [-0.39, 0.29) is 16.7 Å². The van der Waals surface area contributed by atoms with E-state index in [1.165, 1.54) is 43.5 Å². The summed E-state index contributed by atoms with van der Waals surface area (Å²) in [4.78, 5) is 31.2. The second kappa shape index (κ2) is 9.11. The van der Waals surface area contributed by atoms with Crippen LogP contribution in [0.3, 0.4) is 0 Å². The van der Waals surface area contributed by atoms with Gasteiger partial charge in [-0.2, -0.15) is 0 Å². The van der Waals surface area contributed by atoms with Crippen LogP contribution in [0.25, 0.3) is 0 Å². The molecule has 0 aromatic carbocycles. The topological polar surface area (TPSA) is 74.8 Å². The Labute approximate surface area is 142 Å². The summed E-state index contributed by atoms with van der Waals surface area (Å²) < 4.78 is 0. The van der Waals surface area contributed by atoms with E-state index in [0.29, 0.717) is 11.2 Å². The minimum Gasteiger partial charge on any atom is -0.352 e. The number of nitrogens with one attached hydrogen (secondary N) is 2. The highest BCUT2D eigenvalue weighted by atomic mass is 32.2. The summed E-state index contributed by atoms with van der Waals surface area (Å²) in [5.41, 5.74) is 0.637. The van der Waals surface area contributed by atoms with Crippen LogP contribution in [0.4, 0.5) is 0 Å². The van der Waals surface area contributed by atoms with E-state index < -0.39 is 0 Å². The fourth-order valence-corrected chi connectivity index (χ4v) is 3.73. The predicted molar refractivity (Wildman–Crippen MR) is 93.8 cm³/mol. The standard InChI is InChI=1S/C17H27N3O2S/c1-3-8-14-11-15(21)20-17(19-14)23-12(2)16(22)18-13-9-6-4-5-7-10-13/h11-13H,3-10H2,1-2H3,(H,18,22)(H,19,20,21). The summed E-state index contributed by atoms with van der Waals surface area (Å²) in [5.74, 6) is 0.0328. The van der Waals surface area contributed by atoms with Crippen LogP contribution >= 0.6 is 11.8 Å². The number of thioether (sulfide) groups is 1. The van der Waals surface area contributed by atoms with Crippen LogP contribution in [0.5, 0.6) is 0 Å². The van der Waals surface area contributed by atoms with Crippen molar-refractivity contribution >= 4 is 17.7 Å². The van der Waals surface area contributed by atoms with Crippen molar-refractivity contribution in [1.82, 2.24) is 15.3 Å². The van der Waals surface area contributed by atoms with E-state index in [9.17, 15) is 9.59 Å². The Kier molecular flexibility index (Phi) is 7.15. The lowest BCUT2D eigenvalue weighted by molar-refractivity contribution is -0.121. The predicted octanol–water partition coefficient (Wildman–Crippen LogP) is 3.04. The van der Waals surface area contributed by atoms with Crippen molar-refractivity contribution < 1.29 is 4.79 Å². The van der Waals surface area contributed by atoms with Gasteiger partial charge in [-0.1, -0.05) is 50.8 Å². The Bertz CT molecular complexity index is 565. The van der Waals surface area contributed by atoms with Gasteiger partial charge in [-0.15, -0.1) is 0 Å². The summed E-state index contributed by atoms with van der Waals surface area (Å²) >= 11 is 1.32. The number of rotatable bonds is 6. The van der Waals surface area contributed by atoms with Crippen LogP contribution in [-0.2, 0) is 11.2 Å². The Hall–Kier alpha value is -1.30. The smallest absolute Gasteiger partial charge is 0.251 e. The molecule has 128 valence electrons. The van der Waals surface area contributed by atoms with Crippen LogP contribution in [-0.4, -0.2) is 27.2 Å². The second-order valence-corrected chi connectivity index (χ2v) is 7.58. The lowest BCUT2D eigenvalue weighted by Crippen LogP contribution is -2.39. The highest BCUT2D eigenvalue weighted by molar-refractivity contribution is 8.00. The van der Waals surface area contributed by atoms with Gasteiger partial charge in [0.15, 0.2) is 5.16 Å². The molecule has 2 rings (SSSR count). The van der Waals surface area contributed by atoms with Gasteiger partial charge in [-0.3, -0.25) is 9.59 Å². The molecule has 0 saturated heterocycles. The van der Waals surface area contributed by atoms with Gasteiger partial charge in [0, 0.05) is 17.8 Å². The van der Waals surface area contributed by atoms with Crippen molar-refractivity contribution in [2.75, 3.05) is 0 Å². The normalized spacial score (nSPS) is 17.5. The SMILES string of the molecule is CCCc1cc(=O)[nH]c(SC(C)C(=O)NC2CCCCCC2)n1. The molecule has 1 amide bonds. The van der Waals surface area contributed by atoms with E-state index in [1.807, 2.05) is 6.92 Å². The molecule has 1 fully saturated rings. The number of carbonyl (C=O) groups excluding carboxylic acids is 1. The average molecular weight is 337 g/mol. The van der Waals surface area contributed by atoms with Crippen LogP contribution < -0.4 is 10.9 Å². The van der Waals surface area contributed by atoms with Crippen molar-refractivity contribution in [2.24, 2.45) is 0 Å². The summed E-state index contributed by atoms with van der Waals surface area (Å²) in [7, 11) is 0. The van der Waals surface area contributed by atoms with Gasteiger partial charge in [-0.05, 0) is 26.2 Å². The van der Waals surface area contributed by atoms with E-state index in [2.05, 4.69) is 22.2 Å². The molecule has 6 heteroatoms. The van der Waals surface area contributed by atoms with E-state index in [0.717, 1.165) is 31.4 Å². The van der Waals surface area contributed by atoms with E-state index in [1.54, 1.807) is 0 Å². The number of H-pyrrole nitrogens is 1. The number of aryl methyl sites for hydroxylation is 1. The zero-order chi connectivity index (χ0) is 16.7. The molecule has 2 N–H and O–H groups in total. The Morgan fingerprint density at radius 1 is 1.39 bits per heavy atom. The van der Waals surface area contributed by atoms with Gasteiger partial charge in [0.25, 0.3) is 5.56 Å². The maximum atomic E-state index is 12.4. The first-order valence-electron chi connectivity index (χ1n) is 8.65. The molecule has 0 radical (unpaired) electrons. The van der Waals surface area contributed by atoms with Crippen molar-refractivity contribution in [3.63, 3.8) is 0 Å². The highest BCUT2D eigenvalue weighted by Crippen LogP contribution is 2.21. The zero-order valence-electron chi connectivity index (χ0n) is 14.1. The Balaban J connectivity index is 1.93. The first-order chi connectivity index (χ1) is 11.1. The van der Waals surface area contributed by atoms with Crippen molar-refractivity contribution in [2.45, 2.75) is 81.7 Å². The monoisotopic (exact) mass is 337 g/mol. The van der Waals surface area contributed by atoms with Gasteiger partial charge < -0.3 is 10.3 Å². The number of nitrogens with zero attached hydrogens (tertiary/aromatic N) is 1. The molecular formula is C17H27N3O2S. The number of carbonyl (C=O) groups is 1. The summed E-state index contributed by atoms with van der Waals surface area (Å²) in [6.07, 6.45) is 8.80. The molecule has 23 heavy (non-hydrogen) atoms. The van der Waals surface area contributed by atoms with Crippen molar-refractivity contribution in [3.8, 4) is 0 Å². The number of amides is 1. The van der Waals surface area contributed by atoms with Crippen LogP contribution in [0, 0.1) is 0 Å². The van der Waals surface area contributed by atoms with Crippen LogP contribution in [0.1, 0.15) is 64.5 Å². The number of hydrogen-bond donors (Lipinski definition) is 2. The molecule has 1 aliphatic carbocycles. The molecule has 0 bridgehead atoms. The highest BCUT2D eigenvalue weighted by Gasteiger charge is 2.20. The van der Waals surface area contributed by atoms with Crippen molar-refractivity contribution in [1.29, 1.82) is 0 Å². The lowest BCUT2D eigenvalue weighted by atomic mass is 10.1. The molecule has 1 aromatic heterocycles. The lowest BCUT2D eigenvalue weighted by Gasteiger charge is -2.19. The largest absolute Gasteiger partial charge is 0.352 e. The van der Waals surface area contributed by atoms with Crippen molar-refractivity contribution in [3.05, 3.63) is 22.1 Å². The number of hydrogen-bond acceptors (Lipinski definition) is 4. The molecule has 1 atom stereocenters. The maximum absolute atomic E-state index is 12.4. The molecule has 0 spiro atoms. The third-order valence-corrected chi connectivity index (χ3v) is 5.12.